The Morgan fingerprint density at radius 2 is 0.952 bits per heavy atom. The maximum Gasteiger partial charge on any atom is 0.259 e. The minimum absolute atomic E-state index is 0.000863. The van der Waals surface area contributed by atoms with Crippen LogP contribution in [0, 0.1) is 6.92 Å². The molecule has 21 heteroatoms. The Morgan fingerprint density at radius 1 is 0.565 bits per heavy atom. The lowest BCUT2D eigenvalue weighted by atomic mass is 9.86. The van der Waals surface area contributed by atoms with E-state index in [9.17, 15) is 9.59 Å². The van der Waals surface area contributed by atoms with Gasteiger partial charge in [-0.15, -0.1) is 23.5 Å². The second-order valence-electron chi connectivity index (χ2n) is 16.0. The van der Waals surface area contributed by atoms with E-state index in [4.69, 9.17) is 61.1 Å². The number of benzene rings is 3. The number of nitrogens with two attached hydrogens (primary N) is 9. The standard InChI is InChI=1S/C41H63N15O4S2/c1-22-16-23(40(2,3)4)18-28(32(22)61-14-10-53-38(47)48)55-34(57)25-20-26(31(60-13-9-52-37(45)46)21-30(25)59-12-8-51-36(43)44)35(58)56-29-19-24(41(5,6)7)17-27(42)33(29)62-15-11-54-39(49)50/h16-21H,8-15,42H2,1-7H3,(H,55,57)(H,56,58)(H4,43,44,51)(H4,45,46,52)(H4,47,48,53)(H4,49,50,54). The topological polar surface area (TPSA) is 360 Å². The van der Waals surface area contributed by atoms with Crippen LogP contribution in [0.5, 0.6) is 11.5 Å². The minimum Gasteiger partial charge on any atom is -0.491 e. The van der Waals surface area contributed by atoms with Gasteiger partial charge in [0.2, 0.25) is 0 Å². The third kappa shape index (κ3) is 15.7. The molecule has 0 fully saturated rings. The number of aliphatic imine (C=N–C) groups is 4. The molecule has 338 valence electrons. The van der Waals surface area contributed by atoms with Crippen molar-refractivity contribution in [1.29, 1.82) is 0 Å². The zero-order valence-electron chi connectivity index (χ0n) is 36.6. The van der Waals surface area contributed by atoms with Crippen molar-refractivity contribution in [3.05, 3.63) is 64.2 Å². The number of anilines is 3. The van der Waals surface area contributed by atoms with Crippen LogP contribution in [0.25, 0.3) is 0 Å². The fraction of sp³-hybridized carbons (Fsp3) is 0.415. The molecule has 3 aromatic carbocycles. The normalized spacial score (nSPS) is 11.2. The molecule has 0 aliphatic rings. The molecule has 3 aromatic rings. The molecule has 0 radical (unpaired) electrons. The summed E-state index contributed by atoms with van der Waals surface area (Å²) in [6.45, 7) is 15.1. The van der Waals surface area contributed by atoms with Gasteiger partial charge in [-0.2, -0.15) is 0 Å². The van der Waals surface area contributed by atoms with E-state index in [1.165, 1.54) is 35.7 Å². The van der Waals surface area contributed by atoms with Crippen LogP contribution in [-0.2, 0) is 10.8 Å². The number of thioether (sulfide) groups is 2. The van der Waals surface area contributed by atoms with Gasteiger partial charge in [-0.3, -0.25) is 29.6 Å². The smallest absolute Gasteiger partial charge is 0.259 e. The number of nitrogens with one attached hydrogen (secondary N) is 2. The van der Waals surface area contributed by atoms with Crippen LogP contribution in [0.1, 0.15) is 78.9 Å². The molecule has 0 heterocycles. The summed E-state index contributed by atoms with van der Waals surface area (Å²) in [5.74, 6) is -0.364. The van der Waals surface area contributed by atoms with Gasteiger partial charge in [0.25, 0.3) is 11.8 Å². The molecular formula is C41H63N15O4S2. The van der Waals surface area contributed by atoms with Gasteiger partial charge in [0.15, 0.2) is 23.8 Å². The number of hydrogen-bond acceptors (Lipinski definition) is 11. The first-order chi connectivity index (χ1) is 29.0. The van der Waals surface area contributed by atoms with Crippen LogP contribution in [0.2, 0.25) is 0 Å². The van der Waals surface area contributed by atoms with E-state index in [0.29, 0.717) is 46.6 Å². The van der Waals surface area contributed by atoms with E-state index in [-0.39, 0.29) is 83.6 Å². The Balaban J connectivity index is 2.26. The number of nitrogen functional groups attached to an aromatic ring is 1. The van der Waals surface area contributed by atoms with Gasteiger partial charge in [0, 0.05) is 28.2 Å². The first-order valence-electron chi connectivity index (χ1n) is 19.6. The molecule has 0 bridgehead atoms. The van der Waals surface area contributed by atoms with Gasteiger partial charge in [0.05, 0.1) is 53.6 Å². The van der Waals surface area contributed by atoms with Crippen molar-refractivity contribution in [3.8, 4) is 11.5 Å². The van der Waals surface area contributed by atoms with Crippen molar-refractivity contribution >= 4 is 76.2 Å². The summed E-state index contributed by atoms with van der Waals surface area (Å²) in [5.41, 5.74) is 54.7. The second-order valence-corrected chi connectivity index (χ2v) is 18.2. The van der Waals surface area contributed by atoms with E-state index in [2.05, 4.69) is 57.4 Å². The first-order valence-corrected chi connectivity index (χ1v) is 21.6. The molecule has 0 saturated carbocycles. The molecular weight excluding hydrogens is 831 g/mol. The van der Waals surface area contributed by atoms with Crippen LogP contribution in [-0.4, -0.2) is 86.6 Å². The summed E-state index contributed by atoms with van der Waals surface area (Å²) in [6, 6.07) is 10.6. The second kappa shape index (κ2) is 22.6. The number of aryl methyl sites for hydroxylation is 1. The number of hydrogen-bond donors (Lipinski definition) is 11. The van der Waals surface area contributed by atoms with Gasteiger partial charge in [-0.1, -0.05) is 47.6 Å². The molecule has 0 saturated heterocycles. The van der Waals surface area contributed by atoms with Crippen LogP contribution in [0.4, 0.5) is 17.1 Å². The Labute approximate surface area is 371 Å². The third-order valence-electron chi connectivity index (χ3n) is 8.74. The SMILES string of the molecule is Cc1cc(C(C)(C)C)cc(NC(=O)c2cc(C(=O)Nc3cc(C(C)(C)C)cc(N)c3SCCN=C(N)N)c(OCCN=C(N)N)cc2OCCN=C(N)N)c1SCCN=C(N)N. The average molecular weight is 894 g/mol. The molecule has 0 aliphatic heterocycles. The third-order valence-corrected chi connectivity index (χ3v) is 11.1. The summed E-state index contributed by atoms with van der Waals surface area (Å²) < 4.78 is 12.2. The van der Waals surface area contributed by atoms with E-state index in [1.54, 1.807) is 0 Å². The Morgan fingerprint density at radius 3 is 1.37 bits per heavy atom. The quantitative estimate of drug-likeness (QED) is 0.0255. The number of carbonyl (C=O) groups is 2. The number of rotatable bonds is 20. The Kier molecular flexibility index (Phi) is 18.3. The molecule has 20 N–H and O–H groups in total. The highest BCUT2D eigenvalue weighted by atomic mass is 32.2. The highest BCUT2D eigenvalue weighted by molar-refractivity contribution is 7.99. The summed E-state index contributed by atoms with van der Waals surface area (Å²) in [4.78, 5) is 46.9. The lowest BCUT2D eigenvalue weighted by Crippen LogP contribution is -2.24. The number of ether oxygens (including phenoxy) is 2. The fourth-order valence-corrected chi connectivity index (χ4v) is 7.49. The highest BCUT2D eigenvalue weighted by Gasteiger charge is 2.26. The number of nitrogens with zero attached hydrogens (tertiary/aromatic N) is 4. The van der Waals surface area contributed by atoms with Crippen molar-refractivity contribution in [1.82, 2.24) is 0 Å². The molecule has 3 rings (SSSR count). The van der Waals surface area contributed by atoms with Gasteiger partial charge in [-0.25, -0.2) is 0 Å². The van der Waals surface area contributed by atoms with Crippen molar-refractivity contribution in [3.63, 3.8) is 0 Å². The zero-order valence-corrected chi connectivity index (χ0v) is 38.2. The average Bonchev–Trinajstić information content (AvgIpc) is 3.15. The van der Waals surface area contributed by atoms with Crippen molar-refractivity contribution in [2.75, 3.05) is 67.3 Å². The number of guanidine groups is 4. The maximum atomic E-state index is 14.7. The van der Waals surface area contributed by atoms with Crippen molar-refractivity contribution < 1.29 is 19.1 Å². The van der Waals surface area contributed by atoms with Gasteiger partial charge >= 0.3 is 0 Å². The van der Waals surface area contributed by atoms with E-state index in [1.807, 2.05) is 45.9 Å². The molecule has 0 unspecified atom stereocenters. The first kappa shape index (κ1) is 50.1. The van der Waals surface area contributed by atoms with Crippen LogP contribution in [0.15, 0.2) is 66.2 Å². The zero-order chi connectivity index (χ0) is 46.4. The Hall–Kier alpha value is -6.22. The predicted octanol–water partition coefficient (Wildman–Crippen LogP) is 2.71. The monoisotopic (exact) mass is 893 g/mol. The van der Waals surface area contributed by atoms with Crippen LogP contribution in [0.3, 0.4) is 0 Å². The molecule has 0 spiro atoms. The number of carbonyl (C=O) groups excluding carboxylic acids is 2. The molecule has 0 aliphatic carbocycles. The van der Waals surface area contributed by atoms with Crippen molar-refractivity contribution in [2.24, 2.45) is 65.8 Å². The molecule has 0 atom stereocenters. The van der Waals surface area contributed by atoms with Gasteiger partial charge < -0.3 is 71.7 Å². The van der Waals surface area contributed by atoms with Gasteiger partial charge in [0.1, 0.15) is 24.7 Å². The summed E-state index contributed by atoms with van der Waals surface area (Å²) in [6.07, 6.45) is 0. The Bertz CT molecular complexity index is 2030. The molecule has 0 aromatic heterocycles. The maximum absolute atomic E-state index is 14.7. The molecule has 62 heavy (non-hydrogen) atoms. The number of amides is 2. The van der Waals surface area contributed by atoms with E-state index < -0.39 is 11.8 Å². The predicted molar refractivity (Wildman–Crippen MR) is 257 cm³/mol. The van der Waals surface area contributed by atoms with Crippen LogP contribution >= 0.6 is 23.5 Å². The summed E-state index contributed by atoms with van der Waals surface area (Å²) in [5, 5.41) is 6.13. The largest absolute Gasteiger partial charge is 0.491 e. The minimum atomic E-state index is -0.610. The van der Waals surface area contributed by atoms with E-state index in [0.717, 1.165) is 21.6 Å². The van der Waals surface area contributed by atoms with Gasteiger partial charge in [-0.05, 0) is 58.7 Å². The lowest BCUT2D eigenvalue weighted by Gasteiger charge is -2.24. The molecule has 2 amide bonds. The molecule has 19 nitrogen and oxygen atoms in total. The van der Waals surface area contributed by atoms with Crippen LogP contribution < -0.4 is 71.7 Å². The fourth-order valence-electron chi connectivity index (χ4n) is 5.67. The van der Waals surface area contributed by atoms with E-state index >= 15 is 0 Å². The van der Waals surface area contributed by atoms with Crippen molar-refractivity contribution in [2.45, 2.75) is 69.1 Å². The lowest BCUT2D eigenvalue weighted by molar-refractivity contribution is 0.102. The summed E-state index contributed by atoms with van der Waals surface area (Å²) in [7, 11) is 0. The highest BCUT2D eigenvalue weighted by Crippen LogP contribution is 2.40. The summed E-state index contributed by atoms with van der Waals surface area (Å²) >= 11 is 2.86.